The Morgan fingerprint density at radius 1 is 1.09 bits per heavy atom. The van der Waals surface area contributed by atoms with E-state index in [9.17, 15) is 17.6 Å². The SMILES string of the molecule is C/C=C(F)\C(=C/C)C(F)(F)F. The average molecular weight is 168 g/mol. The van der Waals surface area contributed by atoms with E-state index in [2.05, 4.69) is 0 Å². The van der Waals surface area contributed by atoms with E-state index in [1.165, 1.54) is 6.92 Å². The molecule has 0 amide bonds. The van der Waals surface area contributed by atoms with Gasteiger partial charge in [-0.1, -0.05) is 12.2 Å². The Labute approximate surface area is 62.2 Å². The maximum absolute atomic E-state index is 12.4. The van der Waals surface area contributed by atoms with Gasteiger partial charge in [0, 0.05) is 0 Å². The van der Waals surface area contributed by atoms with E-state index in [4.69, 9.17) is 0 Å². The van der Waals surface area contributed by atoms with E-state index in [1.807, 2.05) is 0 Å². The molecule has 0 nitrogen and oxygen atoms in total. The van der Waals surface area contributed by atoms with Crippen molar-refractivity contribution in [2.75, 3.05) is 0 Å². The third kappa shape index (κ3) is 2.74. The third-order valence-electron chi connectivity index (χ3n) is 1.10. The number of rotatable bonds is 1. The first-order valence-corrected chi connectivity index (χ1v) is 2.99. The summed E-state index contributed by atoms with van der Waals surface area (Å²) in [6.45, 7) is 2.36. The van der Waals surface area contributed by atoms with Crippen LogP contribution in [0.25, 0.3) is 0 Å². The van der Waals surface area contributed by atoms with Crippen LogP contribution in [0.2, 0.25) is 0 Å². The Hall–Kier alpha value is -0.800. The Morgan fingerprint density at radius 3 is 1.64 bits per heavy atom. The molecule has 0 saturated carbocycles. The molecule has 0 heterocycles. The molecule has 11 heavy (non-hydrogen) atoms. The van der Waals surface area contributed by atoms with E-state index in [1.54, 1.807) is 0 Å². The van der Waals surface area contributed by atoms with Gasteiger partial charge in [-0.2, -0.15) is 13.2 Å². The molecule has 0 aliphatic carbocycles. The van der Waals surface area contributed by atoms with Crippen LogP contribution in [0.1, 0.15) is 13.8 Å². The number of allylic oxidation sites excluding steroid dienone is 4. The Kier molecular flexibility index (Phi) is 3.29. The summed E-state index contributed by atoms with van der Waals surface area (Å²) >= 11 is 0. The number of halogens is 4. The highest BCUT2D eigenvalue weighted by Crippen LogP contribution is 2.31. The molecule has 0 atom stereocenters. The van der Waals surface area contributed by atoms with Gasteiger partial charge in [-0.15, -0.1) is 0 Å². The Balaban J connectivity index is 4.73. The molecule has 0 spiro atoms. The lowest BCUT2D eigenvalue weighted by molar-refractivity contribution is -0.0911. The molecule has 0 unspecified atom stereocenters. The molecule has 64 valence electrons. The van der Waals surface area contributed by atoms with Crippen LogP contribution in [0.5, 0.6) is 0 Å². The van der Waals surface area contributed by atoms with Crippen molar-refractivity contribution in [3.05, 3.63) is 23.6 Å². The van der Waals surface area contributed by atoms with Gasteiger partial charge in [0.25, 0.3) is 0 Å². The van der Waals surface area contributed by atoms with Crippen molar-refractivity contribution in [2.24, 2.45) is 0 Å². The highest BCUT2D eigenvalue weighted by Gasteiger charge is 2.35. The van der Waals surface area contributed by atoms with Gasteiger partial charge in [-0.25, -0.2) is 4.39 Å². The quantitative estimate of drug-likeness (QED) is 0.416. The van der Waals surface area contributed by atoms with Gasteiger partial charge in [0.05, 0.1) is 5.57 Å². The smallest absolute Gasteiger partial charge is 0.207 e. The molecule has 0 radical (unpaired) electrons. The van der Waals surface area contributed by atoms with Crippen LogP contribution in [-0.4, -0.2) is 6.18 Å². The van der Waals surface area contributed by atoms with E-state index in [-0.39, 0.29) is 0 Å². The summed E-state index contributed by atoms with van der Waals surface area (Å²) < 4.78 is 47.8. The second-order valence-corrected chi connectivity index (χ2v) is 1.84. The van der Waals surface area contributed by atoms with E-state index >= 15 is 0 Å². The van der Waals surface area contributed by atoms with E-state index < -0.39 is 17.6 Å². The highest BCUT2D eigenvalue weighted by molar-refractivity contribution is 5.28. The first-order chi connectivity index (χ1) is 4.93. The predicted molar refractivity (Wildman–Crippen MR) is 34.7 cm³/mol. The summed E-state index contributed by atoms with van der Waals surface area (Å²) in [5.41, 5.74) is -1.22. The molecule has 0 aromatic carbocycles. The van der Waals surface area contributed by atoms with Gasteiger partial charge in [0.1, 0.15) is 5.83 Å². The fourth-order valence-corrected chi connectivity index (χ4v) is 0.592. The molecule has 0 saturated heterocycles. The molecular formula is C7H8F4. The fraction of sp³-hybridized carbons (Fsp3) is 0.429. The van der Waals surface area contributed by atoms with Crippen LogP contribution in [0.15, 0.2) is 23.6 Å². The molecule has 0 fully saturated rings. The highest BCUT2D eigenvalue weighted by atomic mass is 19.4. The summed E-state index contributed by atoms with van der Waals surface area (Å²) in [6, 6.07) is 0. The fourth-order valence-electron chi connectivity index (χ4n) is 0.592. The van der Waals surface area contributed by atoms with E-state index in [0.717, 1.165) is 13.0 Å². The minimum absolute atomic E-state index is 0.704. The first-order valence-electron chi connectivity index (χ1n) is 2.99. The lowest BCUT2D eigenvalue weighted by Crippen LogP contribution is -2.11. The van der Waals surface area contributed by atoms with Crippen molar-refractivity contribution in [3.8, 4) is 0 Å². The normalized spacial score (nSPS) is 15.5. The van der Waals surface area contributed by atoms with Gasteiger partial charge >= 0.3 is 6.18 Å². The topological polar surface area (TPSA) is 0 Å². The van der Waals surface area contributed by atoms with Gasteiger partial charge in [0.15, 0.2) is 0 Å². The minimum Gasteiger partial charge on any atom is -0.207 e. The van der Waals surface area contributed by atoms with E-state index in [0.29, 0.717) is 6.08 Å². The zero-order valence-corrected chi connectivity index (χ0v) is 6.17. The maximum atomic E-state index is 12.4. The van der Waals surface area contributed by atoms with Crippen molar-refractivity contribution in [2.45, 2.75) is 20.0 Å². The van der Waals surface area contributed by atoms with Crippen molar-refractivity contribution in [3.63, 3.8) is 0 Å². The van der Waals surface area contributed by atoms with Crippen LogP contribution >= 0.6 is 0 Å². The summed E-state index contributed by atoms with van der Waals surface area (Å²) in [5.74, 6) is -1.24. The molecule has 0 aromatic rings. The molecule has 0 aromatic heterocycles. The second-order valence-electron chi connectivity index (χ2n) is 1.84. The number of hydrogen-bond acceptors (Lipinski definition) is 0. The lowest BCUT2D eigenvalue weighted by Gasteiger charge is -2.07. The molecule has 4 heteroatoms. The average Bonchev–Trinajstić information content (AvgIpc) is 1.86. The van der Waals surface area contributed by atoms with Crippen molar-refractivity contribution >= 4 is 0 Å². The Morgan fingerprint density at radius 2 is 1.55 bits per heavy atom. The molecule has 0 aliphatic rings. The van der Waals surface area contributed by atoms with Gasteiger partial charge in [0.2, 0.25) is 0 Å². The first kappa shape index (κ1) is 10.2. The lowest BCUT2D eigenvalue weighted by atomic mass is 10.2. The standard InChI is InChI=1S/C7H8F4/c1-3-5(6(8)4-2)7(9,10)11/h3-4H,1-2H3/b5-3+,6-4+. The van der Waals surface area contributed by atoms with Gasteiger partial charge < -0.3 is 0 Å². The van der Waals surface area contributed by atoms with Crippen LogP contribution in [0, 0.1) is 0 Å². The monoisotopic (exact) mass is 168 g/mol. The second kappa shape index (κ2) is 3.55. The van der Waals surface area contributed by atoms with Crippen LogP contribution in [0.3, 0.4) is 0 Å². The van der Waals surface area contributed by atoms with Gasteiger partial charge in [-0.3, -0.25) is 0 Å². The third-order valence-corrected chi connectivity index (χ3v) is 1.10. The number of alkyl halides is 3. The van der Waals surface area contributed by atoms with Crippen molar-refractivity contribution in [1.29, 1.82) is 0 Å². The molecule has 0 N–H and O–H groups in total. The van der Waals surface area contributed by atoms with Crippen LogP contribution < -0.4 is 0 Å². The van der Waals surface area contributed by atoms with Crippen molar-refractivity contribution in [1.82, 2.24) is 0 Å². The zero-order valence-electron chi connectivity index (χ0n) is 6.17. The molecule has 0 rings (SSSR count). The van der Waals surface area contributed by atoms with Crippen LogP contribution in [-0.2, 0) is 0 Å². The summed E-state index contributed by atoms with van der Waals surface area (Å²) in [6.07, 6.45) is -3.11. The largest absolute Gasteiger partial charge is 0.418 e. The van der Waals surface area contributed by atoms with Crippen LogP contribution in [0.4, 0.5) is 17.6 Å². The maximum Gasteiger partial charge on any atom is 0.418 e. The summed E-state index contributed by atoms with van der Waals surface area (Å²) in [7, 11) is 0. The molecule has 0 bridgehead atoms. The molecule has 0 aliphatic heterocycles. The zero-order chi connectivity index (χ0) is 9.07. The molecular weight excluding hydrogens is 160 g/mol. The summed E-state index contributed by atoms with van der Waals surface area (Å²) in [4.78, 5) is 0. The predicted octanol–water partition coefficient (Wildman–Crippen LogP) is 3.37. The minimum atomic E-state index is -4.59. The summed E-state index contributed by atoms with van der Waals surface area (Å²) in [5, 5.41) is 0. The Bertz CT molecular complexity index is 185. The van der Waals surface area contributed by atoms with Crippen molar-refractivity contribution < 1.29 is 17.6 Å². The van der Waals surface area contributed by atoms with Gasteiger partial charge in [-0.05, 0) is 13.8 Å². The number of hydrogen-bond donors (Lipinski definition) is 0.